The van der Waals surface area contributed by atoms with Gasteiger partial charge >= 0.3 is 0 Å². The smallest absolute Gasteiger partial charge is 0.0630 e. The molecule has 0 fully saturated rings. The van der Waals surface area contributed by atoms with Crippen LogP contribution in [0.1, 0.15) is 16.7 Å². The Labute approximate surface area is 89.2 Å². The molecular weight excluding hydrogens is 203 g/mol. The van der Waals surface area contributed by atoms with Crippen LogP contribution in [0.15, 0.2) is 18.7 Å². The molecule has 0 aliphatic rings. The van der Waals surface area contributed by atoms with E-state index in [4.69, 9.17) is 23.2 Å². The monoisotopic (exact) mass is 214 g/mol. The second-order valence-corrected chi connectivity index (χ2v) is 3.85. The zero-order chi connectivity index (χ0) is 10.0. The highest BCUT2D eigenvalue weighted by molar-refractivity contribution is 6.43. The fourth-order valence-corrected chi connectivity index (χ4v) is 1.76. The zero-order valence-electron chi connectivity index (χ0n) is 7.82. The molecule has 0 aliphatic carbocycles. The summed E-state index contributed by atoms with van der Waals surface area (Å²) < 4.78 is 0. The summed E-state index contributed by atoms with van der Waals surface area (Å²) in [5, 5.41) is 1.32. The minimum absolute atomic E-state index is 0.657. The van der Waals surface area contributed by atoms with Gasteiger partial charge in [0, 0.05) is 0 Å². The van der Waals surface area contributed by atoms with Gasteiger partial charge in [-0.2, -0.15) is 0 Å². The van der Waals surface area contributed by atoms with Gasteiger partial charge in [0.2, 0.25) is 0 Å². The van der Waals surface area contributed by atoms with E-state index in [0.717, 1.165) is 17.5 Å². The van der Waals surface area contributed by atoms with Gasteiger partial charge in [-0.1, -0.05) is 35.3 Å². The first-order chi connectivity index (χ1) is 6.07. The average Bonchev–Trinajstić information content (AvgIpc) is 2.11. The molecule has 0 saturated carbocycles. The first kappa shape index (κ1) is 10.6. The predicted octanol–water partition coefficient (Wildman–Crippen LogP) is 4.34. The molecule has 0 aromatic heterocycles. The number of hydrogen-bond donors (Lipinski definition) is 0. The van der Waals surface area contributed by atoms with Crippen molar-refractivity contribution in [3.63, 3.8) is 0 Å². The highest BCUT2D eigenvalue weighted by atomic mass is 35.5. The van der Waals surface area contributed by atoms with E-state index in [9.17, 15) is 0 Å². The molecule has 0 bridgehead atoms. The van der Waals surface area contributed by atoms with Gasteiger partial charge in [-0.3, -0.25) is 0 Å². The SMILES string of the molecule is C=CCc1cc(C)c(C)c(Cl)c1Cl. The predicted molar refractivity (Wildman–Crippen MR) is 59.8 cm³/mol. The van der Waals surface area contributed by atoms with Gasteiger partial charge in [0.15, 0.2) is 0 Å². The molecule has 13 heavy (non-hydrogen) atoms. The van der Waals surface area contributed by atoms with Crippen LogP contribution in [0.25, 0.3) is 0 Å². The topological polar surface area (TPSA) is 0 Å². The lowest BCUT2D eigenvalue weighted by molar-refractivity contribution is 1.22. The number of benzene rings is 1. The van der Waals surface area contributed by atoms with Gasteiger partial charge in [-0.25, -0.2) is 0 Å². The Morgan fingerprint density at radius 1 is 1.31 bits per heavy atom. The maximum absolute atomic E-state index is 6.07. The van der Waals surface area contributed by atoms with Crippen molar-refractivity contribution >= 4 is 23.2 Å². The van der Waals surface area contributed by atoms with E-state index in [1.165, 1.54) is 5.56 Å². The molecule has 0 aliphatic heterocycles. The first-order valence-corrected chi connectivity index (χ1v) is 4.88. The summed E-state index contributed by atoms with van der Waals surface area (Å²) in [6.45, 7) is 7.68. The van der Waals surface area contributed by atoms with Crippen LogP contribution in [0.4, 0.5) is 0 Å². The summed E-state index contributed by atoms with van der Waals surface area (Å²) in [5.74, 6) is 0. The van der Waals surface area contributed by atoms with E-state index in [1.54, 1.807) is 0 Å². The Morgan fingerprint density at radius 2 is 1.92 bits per heavy atom. The van der Waals surface area contributed by atoms with Crippen molar-refractivity contribution in [2.45, 2.75) is 20.3 Å². The molecule has 2 heteroatoms. The van der Waals surface area contributed by atoms with Gasteiger partial charge in [-0.15, -0.1) is 6.58 Å². The molecule has 1 aromatic carbocycles. The molecule has 70 valence electrons. The number of hydrogen-bond acceptors (Lipinski definition) is 0. The van der Waals surface area contributed by atoms with Crippen LogP contribution < -0.4 is 0 Å². The van der Waals surface area contributed by atoms with Crippen molar-refractivity contribution in [1.29, 1.82) is 0 Å². The summed E-state index contributed by atoms with van der Waals surface area (Å²) >= 11 is 12.1. The summed E-state index contributed by atoms with van der Waals surface area (Å²) in [5.41, 5.74) is 3.27. The molecule has 0 nitrogen and oxygen atoms in total. The number of aryl methyl sites for hydroxylation is 1. The Morgan fingerprint density at radius 3 is 2.46 bits per heavy atom. The van der Waals surface area contributed by atoms with Gasteiger partial charge < -0.3 is 0 Å². The van der Waals surface area contributed by atoms with E-state index >= 15 is 0 Å². The van der Waals surface area contributed by atoms with E-state index in [-0.39, 0.29) is 0 Å². The molecule has 0 radical (unpaired) electrons. The van der Waals surface area contributed by atoms with Gasteiger partial charge in [0.25, 0.3) is 0 Å². The number of halogens is 2. The summed E-state index contributed by atoms with van der Waals surface area (Å²) in [6, 6.07) is 2.06. The van der Waals surface area contributed by atoms with E-state index in [2.05, 4.69) is 12.6 Å². The largest absolute Gasteiger partial charge is 0.103 e. The van der Waals surface area contributed by atoms with E-state index < -0.39 is 0 Å². The molecule has 1 aromatic rings. The molecule has 0 atom stereocenters. The normalized spacial score (nSPS) is 10.2. The third-order valence-electron chi connectivity index (χ3n) is 2.15. The first-order valence-electron chi connectivity index (χ1n) is 4.13. The van der Waals surface area contributed by atoms with Gasteiger partial charge in [0.1, 0.15) is 0 Å². The maximum atomic E-state index is 6.07. The van der Waals surface area contributed by atoms with Crippen LogP contribution in [-0.4, -0.2) is 0 Å². The highest BCUT2D eigenvalue weighted by Crippen LogP contribution is 2.31. The molecule has 0 unspecified atom stereocenters. The van der Waals surface area contributed by atoms with E-state index in [1.807, 2.05) is 19.9 Å². The minimum atomic E-state index is 0.657. The van der Waals surface area contributed by atoms with Crippen LogP contribution in [0.3, 0.4) is 0 Å². The summed E-state index contributed by atoms with van der Waals surface area (Å²) in [6.07, 6.45) is 2.59. The standard InChI is InChI=1S/C11H12Cl2/c1-4-5-9-6-7(2)8(3)10(12)11(9)13/h4,6H,1,5H2,2-3H3. The quantitative estimate of drug-likeness (QED) is 0.643. The third kappa shape index (κ3) is 2.07. The third-order valence-corrected chi connectivity index (χ3v) is 3.15. The fraction of sp³-hybridized carbons (Fsp3) is 0.273. The van der Waals surface area contributed by atoms with Crippen LogP contribution in [-0.2, 0) is 6.42 Å². The van der Waals surface area contributed by atoms with Crippen LogP contribution in [0.5, 0.6) is 0 Å². The van der Waals surface area contributed by atoms with E-state index in [0.29, 0.717) is 10.0 Å². The second kappa shape index (κ2) is 4.17. The van der Waals surface area contributed by atoms with Crippen molar-refractivity contribution in [3.8, 4) is 0 Å². The summed E-state index contributed by atoms with van der Waals surface area (Å²) in [4.78, 5) is 0. The van der Waals surface area contributed by atoms with Crippen LogP contribution in [0.2, 0.25) is 10.0 Å². The van der Waals surface area contributed by atoms with Crippen molar-refractivity contribution in [3.05, 3.63) is 45.5 Å². The van der Waals surface area contributed by atoms with Crippen molar-refractivity contribution in [2.24, 2.45) is 0 Å². The number of allylic oxidation sites excluding steroid dienone is 1. The van der Waals surface area contributed by atoms with Crippen molar-refractivity contribution in [2.75, 3.05) is 0 Å². The van der Waals surface area contributed by atoms with Gasteiger partial charge in [-0.05, 0) is 37.0 Å². The Balaban J connectivity index is 3.31. The lowest BCUT2D eigenvalue weighted by atomic mass is 10.0. The maximum Gasteiger partial charge on any atom is 0.0630 e. The lowest BCUT2D eigenvalue weighted by Gasteiger charge is -2.09. The van der Waals surface area contributed by atoms with Crippen molar-refractivity contribution in [1.82, 2.24) is 0 Å². The van der Waals surface area contributed by atoms with Gasteiger partial charge in [0.05, 0.1) is 10.0 Å². The Bertz CT molecular complexity index is 340. The lowest BCUT2D eigenvalue weighted by Crippen LogP contribution is -1.90. The molecule has 1 rings (SSSR count). The van der Waals surface area contributed by atoms with Crippen LogP contribution >= 0.6 is 23.2 Å². The second-order valence-electron chi connectivity index (χ2n) is 3.10. The molecule has 0 amide bonds. The summed E-state index contributed by atoms with van der Waals surface area (Å²) in [7, 11) is 0. The molecule has 0 N–H and O–H groups in total. The molecule has 0 spiro atoms. The molecular formula is C11H12Cl2. The van der Waals surface area contributed by atoms with Crippen molar-refractivity contribution < 1.29 is 0 Å². The zero-order valence-corrected chi connectivity index (χ0v) is 9.34. The fourth-order valence-electron chi connectivity index (χ4n) is 1.22. The highest BCUT2D eigenvalue weighted by Gasteiger charge is 2.08. The Kier molecular flexibility index (Phi) is 3.40. The molecule has 0 saturated heterocycles. The number of rotatable bonds is 2. The van der Waals surface area contributed by atoms with Crippen LogP contribution in [0, 0.1) is 13.8 Å². The molecule has 0 heterocycles. The Hall–Kier alpha value is -0.460. The minimum Gasteiger partial charge on any atom is -0.103 e. The average molecular weight is 215 g/mol.